The van der Waals surface area contributed by atoms with Crippen LogP contribution in [-0.2, 0) is 0 Å². The second kappa shape index (κ2) is 8.01. The van der Waals surface area contributed by atoms with Crippen molar-refractivity contribution in [2.45, 2.75) is 26.9 Å². The first-order chi connectivity index (χ1) is 12.5. The first kappa shape index (κ1) is 17.9. The highest BCUT2D eigenvalue weighted by atomic mass is 35.5. The lowest BCUT2D eigenvalue weighted by Crippen LogP contribution is -2.05. The molecule has 7 heteroatoms. The molecule has 0 spiro atoms. The van der Waals surface area contributed by atoms with Crippen LogP contribution < -0.4 is 15.4 Å². The average Bonchev–Trinajstić information content (AvgIpc) is 2.61. The molecule has 26 heavy (non-hydrogen) atoms. The van der Waals surface area contributed by atoms with Crippen LogP contribution in [0.25, 0.3) is 0 Å². The van der Waals surface area contributed by atoms with E-state index in [2.05, 4.69) is 25.8 Å². The molecule has 3 aromatic rings. The predicted octanol–water partition coefficient (Wildman–Crippen LogP) is 5.11. The molecule has 3 rings (SSSR count). The molecule has 0 fully saturated rings. The van der Waals surface area contributed by atoms with E-state index in [1.165, 1.54) is 0 Å². The van der Waals surface area contributed by atoms with Crippen molar-refractivity contribution in [3.05, 3.63) is 59.2 Å². The van der Waals surface area contributed by atoms with Crippen LogP contribution in [0, 0.1) is 6.92 Å². The molecule has 0 aliphatic carbocycles. The molecule has 1 heterocycles. The van der Waals surface area contributed by atoms with Gasteiger partial charge >= 0.3 is 0 Å². The molecule has 0 amide bonds. The predicted molar refractivity (Wildman–Crippen MR) is 105 cm³/mol. The zero-order chi connectivity index (χ0) is 18.5. The summed E-state index contributed by atoms with van der Waals surface area (Å²) in [5.74, 6) is 1.79. The van der Waals surface area contributed by atoms with Gasteiger partial charge in [0.2, 0.25) is 5.95 Å². The van der Waals surface area contributed by atoms with Crippen LogP contribution in [0.2, 0.25) is 5.02 Å². The molecule has 0 aliphatic rings. The number of benzene rings is 2. The van der Waals surface area contributed by atoms with Crippen LogP contribution in [0.15, 0.2) is 48.7 Å². The van der Waals surface area contributed by atoms with Crippen LogP contribution in [0.4, 0.5) is 23.1 Å². The van der Waals surface area contributed by atoms with Crippen LogP contribution in [0.1, 0.15) is 19.4 Å². The van der Waals surface area contributed by atoms with Crippen LogP contribution in [0.3, 0.4) is 0 Å². The fraction of sp³-hybridized carbons (Fsp3) is 0.211. The summed E-state index contributed by atoms with van der Waals surface area (Å²) in [6.07, 6.45) is 1.70. The standard InChI is InChI=1S/C19H20ClN5O/c1-12(2)26-15-9-7-14(8-10-15)22-19-24-18(11-21-25-19)23-17-6-4-5-16(20)13(17)3/h4-12H,1-3H3,(H2,22,23,24,25). The van der Waals surface area contributed by atoms with Crippen LogP contribution in [-0.4, -0.2) is 21.3 Å². The molecule has 2 aromatic carbocycles. The Labute approximate surface area is 157 Å². The summed E-state index contributed by atoms with van der Waals surface area (Å²) in [5.41, 5.74) is 2.67. The monoisotopic (exact) mass is 369 g/mol. The lowest BCUT2D eigenvalue weighted by Gasteiger charge is -2.11. The third-order valence-electron chi connectivity index (χ3n) is 3.57. The van der Waals surface area contributed by atoms with Gasteiger partial charge in [-0.05, 0) is 62.7 Å². The van der Waals surface area contributed by atoms with Gasteiger partial charge in [0.25, 0.3) is 0 Å². The summed E-state index contributed by atoms with van der Waals surface area (Å²) in [6.45, 7) is 5.93. The first-order valence-electron chi connectivity index (χ1n) is 8.27. The number of hydrogen-bond acceptors (Lipinski definition) is 6. The summed E-state index contributed by atoms with van der Waals surface area (Å²) in [4.78, 5) is 4.43. The van der Waals surface area contributed by atoms with Crippen molar-refractivity contribution in [1.29, 1.82) is 0 Å². The Hall–Kier alpha value is -2.86. The zero-order valence-electron chi connectivity index (χ0n) is 14.8. The van der Waals surface area contributed by atoms with Gasteiger partial charge in [0.05, 0.1) is 12.3 Å². The highest BCUT2D eigenvalue weighted by Crippen LogP contribution is 2.25. The third-order valence-corrected chi connectivity index (χ3v) is 3.98. The van der Waals surface area contributed by atoms with Gasteiger partial charge < -0.3 is 15.4 Å². The number of aromatic nitrogens is 3. The van der Waals surface area contributed by atoms with E-state index in [0.717, 1.165) is 22.7 Å². The fourth-order valence-electron chi connectivity index (χ4n) is 2.32. The molecule has 6 nitrogen and oxygen atoms in total. The first-order valence-corrected chi connectivity index (χ1v) is 8.64. The number of halogens is 1. The van der Waals surface area contributed by atoms with Gasteiger partial charge in [-0.1, -0.05) is 17.7 Å². The maximum absolute atomic E-state index is 6.15. The minimum Gasteiger partial charge on any atom is -0.491 e. The molecule has 0 unspecified atom stereocenters. The maximum Gasteiger partial charge on any atom is 0.249 e. The van der Waals surface area contributed by atoms with Crippen molar-refractivity contribution in [3.8, 4) is 5.75 Å². The van der Waals surface area contributed by atoms with Gasteiger partial charge in [-0.3, -0.25) is 0 Å². The van der Waals surface area contributed by atoms with E-state index in [1.807, 2.05) is 63.2 Å². The van der Waals surface area contributed by atoms with Crippen molar-refractivity contribution < 1.29 is 4.74 Å². The van der Waals surface area contributed by atoms with E-state index in [0.29, 0.717) is 16.8 Å². The molecule has 0 atom stereocenters. The van der Waals surface area contributed by atoms with Crippen molar-refractivity contribution in [2.24, 2.45) is 0 Å². The van der Waals surface area contributed by atoms with Gasteiger partial charge in [-0.15, -0.1) is 5.10 Å². The molecular weight excluding hydrogens is 350 g/mol. The Morgan fingerprint density at radius 1 is 1.04 bits per heavy atom. The van der Waals surface area contributed by atoms with E-state index in [4.69, 9.17) is 16.3 Å². The molecule has 134 valence electrons. The Morgan fingerprint density at radius 2 is 1.81 bits per heavy atom. The van der Waals surface area contributed by atoms with Gasteiger partial charge in [0.15, 0.2) is 5.82 Å². The highest BCUT2D eigenvalue weighted by Gasteiger charge is 2.06. The fourth-order valence-corrected chi connectivity index (χ4v) is 2.49. The molecular formula is C19H20ClN5O. The van der Waals surface area contributed by atoms with E-state index in [9.17, 15) is 0 Å². The van der Waals surface area contributed by atoms with Crippen LogP contribution >= 0.6 is 11.6 Å². The van der Waals surface area contributed by atoms with E-state index in [1.54, 1.807) is 6.20 Å². The molecule has 0 aliphatic heterocycles. The maximum atomic E-state index is 6.15. The number of anilines is 4. The Kier molecular flexibility index (Phi) is 5.53. The molecule has 0 saturated heterocycles. The lowest BCUT2D eigenvalue weighted by molar-refractivity contribution is 0.242. The smallest absolute Gasteiger partial charge is 0.249 e. The average molecular weight is 370 g/mol. The van der Waals surface area contributed by atoms with Crippen molar-refractivity contribution in [2.75, 3.05) is 10.6 Å². The highest BCUT2D eigenvalue weighted by molar-refractivity contribution is 6.31. The Morgan fingerprint density at radius 3 is 2.54 bits per heavy atom. The third kappa shape index (κ3) is 4.61. The number of hydrogen-bond donors (Lipinski definition) is 2. The Bertz CT molecular complexity index is 883. The summed E-state index contributed by atoms with van der Waals surface area (Å²) in [7, 11) is 0. The van der Waals surface area contributed by atoms with Crippen molar-refractivity contribution in [3.63, 3.8) is 0 Å². The van der Waals surface area contributed by atoms with Crippen LogP contribution in [0.5, 0.6) is 5.75 Å². The molecule has 0 bridgehead atoms. The summed E-state index contributed by atoms with van der Waals surface area (Å²) >= 11 is 6.15. The van der Waals surface area contributed by atoms with Gasteiger partial charge in [0, 0.05) is 16.4 Å². The summed E-state index contributed by atoms with van der Waals surface area (Å²) < 4.78 is 5.63. The second-order valence-electron chi connectivity index (χ2n) is 6.02. The molecule has 2 N–H and O–H groups in total. The lowest BCUT2D eigenvalue weighted by atomic mass is 10.2. The number of ether oxygens (including phenoxy) is 1. The number of nitrogens with zero attached hydrogens (tertiary/aromatic N) is 3. The van der Waals surface area contributed by atoms with E-state index < -0.39 is 0 Å². The van der Waals surface area contributed by atoms with E-state index in [-0.39, 0.29) is 6.10 Å². The largest absolute Gasteiger partial charge is 0.491 e. The van der Waals surface area contributed by atoms with E-state index >= 15 is 0 Å². The molecule has 0 saturated carbocycles. The Balaban J connectivity index is 1.72. The number of nitrogens with one attached hydrogen (secondary N) is 2. The van der Waals surface area contributed by atoms with Gasteiger partial charge in [-0.25, -0.2) is 0 Å². The van der Waals surface area contributed by atoms with Crippen molar-refractivity contribution >= 4 is 34.7 Å². The van der Waals surface area contributed by atoms with Crippen molar-refractivity contribution in [1.82, 2.24) is 15.2 Å². The minimum absolute atomic E-state index is 0.138. The minimum atomic E-state index is 0.138. The molecule has 1 aromatic heterocycles. The normalized spacial score (nSPS) is 10.7. The second-order valence-corrected chi connectivity index (χ2v) is 6.43. The molecule has 0 radical (unpaired) electrons. The topological polar surface area (TPSA) is 72.0 Å². The quantitative estimate of drug-likeness (QED) is 0.629. The van der Waals surface area contributed by atoms with Gasteiger partial charge in [-0.2, -0.15) is 10.1 Å². The summed E-state index contributed by atoms with van der Waals surface area (Å²) in [6, 6.07) is 13.3. The summed E-state index contributed by atoms with van der Waals surface area (Å²) in [5, 5.41) is 15.0. The SMILES string of the molecule is Cc1c(Cl)cccc1Nc1cnnc(Nc2ccc(OC(C)C)cc2)n1. The zero-order valence-corrected chi connectivity index (χ0v) is 15.6. The number of rotatable bonds is 6. The van der Waals surface area contributed by atoms with Gasteiger partial charge in [0.1, 0.15) is 5.75 Å².